The first-order valence-corrected chi connectivity index (χ1v) is 7.81. The zero-order valence-corrected chi connectivity index (χ0v) is 13.1. The minimum Gasteiger partial charge on any atom is -0.495 e. The topological polar surface area (TPSA) is 24.5 Å². The van der Waals surface area contributed by atoms with Gasteiger partial charge in [-0.05, 0) is 50.9 Å². The molecule has 2 bridgehead atoms. The average molecular weight is 325 g/mol. The maximum atomic E-state index is 5.55. The number of fused-ring (bicyclic) bond motifs is 2. The minimum absolute atomic E-state index is 0.652. The van der Waals surface area contributed by atoms with E-state index < -0.39 is 0 Å². The molecule has 2 aliphatic rings. The van der Waals surface area contributed by atoms with Crippen molar-refractivity contribution in [3.05, 3.63) is 22.7 Å². The summed E-state index contributed by atoms with van der Waals surface area (Å²) in [6.45, 7) is 0. The van der Waals surface area contributed by atoms with Gasteiger partial charge in [0.2, 0.25) is 0 Å². The van der Waals surface area contributed by atoms with Crippen LogP contribution in [0.25, 0.3) is 0 Å². The van der Waals surface area contributed by atoms with Crippen molar-refractivity contribution in [1.29, 1.82) is 0 Å². The molecule has 1 N–H and O–H groups in total. The average Bonchev–Trinajstić information content (AvgIpc) is 2.68. The number of hydrogen-bond acceptors (Lipinski definition) is 3. The number of rotatable bonds is 3. The molecule has 3 rings (SSSR count). The number of piperidine rings is 1. The lowest BCUT2D eigenvalue weighted by Gasteiger charge is -2.41. The Hall–Kier alpha value is -0.740. The second-order valence-corrected chi connectivity index (χ2v) is 6.48. The molecule has 2 heterocycles. The number of nitrogens with one attached hydrogen (secondary N) is 1. The number of anilines is 1. The first-order valence-electron chi connectivity index (χ1n) is 7.02. The third-order valence-electron chi connectivity index (χ3n) is 4.56. The first kappa shape index (κ1) is 13.3. The summed E-state index contributed by atoms with van der Waals surface area (Å²) in [5.74, 6) is 0.989. The molecule has 2 aliphatic heterocycles. The van der Waals surface area contributed by atoms with Crippen LogP contribution in [0.4, 0.5) is 5.69 Å². The van der Waals surface area contributed by atoms with E-state index in [4.69, 9.17) is 4.74 Å². The molecular weight excluding hydrogens is 304 g/mol. The van der Waals surface area contributed by atoms with Gasteiger partial charge in [0.1, 0.15) is 5.75 Å². The van der Waals surface area contributed by atoms with Crippen molar-refractivity contribution in [2.75, 3.05) is 19.1 Å². The van der Waals surface area contributed by atoms with Gasteiger partial charge in [-0.3, -0.25) is 0 Å². The second kappa shape index (κ2) is 5.33. The molecule has 0 amide bonds. The van der Waals surface area contributed by atoms with Crippen LogP contribution < -0.4 is 15.0 Å². The third kappa shape index (κ3) is 2.36. The van der Waals surface area contributed by atoms with Crippen molar-refractivity contribution >= 4 is 21.6 Å². The Morgan fingerprint density at radius 1 is 1.26 bits per heavy atom. The molecule has 0 aromatic heterocycles. The van der Waals surface area contributed by atoms with E-state index in [0.717, 1.165) is 10.2 Å². The Bertz CT molecular complexity index is 451. The van der Waals surface area contributed by atoms with Gasteiger partial charge in [-0.1, -0.05) is 15.9 Å². The number of hydrogen-bond donors (Lipinski definition) is 1. The standard InChI is InChI=1S/C15H21BrN2O/c1-17-11-8-12-4-5-13(9-11)18(12)14-7-10(16)3-6-15(14)19-2/h3,6-7,11-13,17H,4-5,8-9H2,1-2H3. The van der Waals surface area contributed by atoms with Crippen LogP contribution in [-0.2, 0) is 0 Å². The van der Waals surface area contributed by atoms with Crippen LogP contribution in [-0.4, -0.2) is 32.3 Å². The second-order valence-electron chi connectivity index (χ2n) is 5.57. The molecule has 2 fully saturated rings. The highest BCUT2D eigenvalue weighted by atomic mass is 79.9. The molecule has 0 saturated carbocycles. The number of halogens is 1. The highest BCUT2D eigenvalue weighted by Crippen LogP contribution is 2.43. The summed E-state index contributed by atoms with van der Waals surface area (Å²) in [7, 11) is 3.84. The normalized spacial score (nSPS) is 29.6. The van der Waals surface area contributed by atoms with E-state index in [-0.39, 0.29) is 0 Å². The molecule has 0 aliphatic carbocycles. The number of methoxy groups -OCH3 is 1. The van der Waals surface area contributed by atoms with E-state index in [1.54, 1.807) is 7.11 Å². The molecule has 0 spiro atoms. The molecule has 0 radical (unpaired) electrons. The summed E-state index contributed by atoms with van der Waals surface area (Å²) >= 11 is 3.58. The molecule has 2 atom stereocenters. The molecule has 104 valence electrons. The fourth-order valence-corrected chi connectivity index (χ4v) is 4.02. The molecule has 1 aromatic carbocycles. The summed E-state index contributed by atoms with van der Waals surface area (Å²) < 4.78 is 6.68. The Kier molecular flexibility index (Phi) is 3.72. The van der Waals surface area contributed by atoms with E-state index >= 15 is 0 Å². The molecule has 2 unspecified atom stereocenters. The van der Waals surface area contributed by atoms with E-state index in [0.29, 0.717) is 18.1 Å². The van der Waals surface area contributed by atoms with Crippen molar-refractivity contribution in [2.24, 2.45) is 0 Å². The summed E-state index contributed by atoms with van der Waals surface area (Å²) in [4.78, 5) is 2.59. The van der Waals surface area contributed by atoms with Crippen molar-refractivity contribution in [3.63, 3.8) is 0 Å². The minimum atomic E-state index is 0.652. The Labute approximate surface area is 123 Å². The summed E-state index contributed by atoms with van der Waals surface area (Å²) in [5, 5.41) is 3.45. The number of ether oxygens (including phenoxy) is 1. The van der Waals surface area contributed by atoms with Crippen molar-refractivity contribution in [3.8, 4) is 5.75 Å². The monoisotopic (exact) mass is 324 g/mol. The van der Waals surface area contributed by atoms with Gasteiger partial charge in [-0.2, -0.15) is 0 Å². The lowest BCUT2D eigenvalue weighted by atomic mass is 9.96. The maximum absolute atomic E-state index is 5.55. The fourth-order valence-electron chi connectivity index (χ4n) is 3.67. The molecule has 2 saturated heterocycles. The van der Waals surface area contributed by atoms with Gasteiger partial charge in [0.15, 0.2) is 0 Å². The lowest BCUT2D eigenvalue weighted by Crippen LogP contribution is -2.48. The molecule has 4 heteroatoms. The zero-order valence-electron chi connectivity index (χ0n) is 11.5. The van der Waals surface area contributed by atoms with E-state index in [2.05, 4.69) is 45.3 Å². The van der Waals surface area contributed by atoms with Gasteiger partial charge in [0.25, 0.3) is 0 Å². The van der Waals surface area contributed by atoms with Crippen LogP contribution in [0.15, 0.2) is 22.7 Å². The largest absolute Gasteiger partial charge is 0.495 e. The lowest BCUT2D eigenvalue weighted by molar-refractivity contribution is 0.365. The predicted octanol–water partition coefficient (Wildman–Crippen LogP) is 3.18. The van der Waals surface area contributed by atoms with Gasteiger partial charge in [-0.15, -0.1) is 0 Å². The maximum Gasteiger partial charge on any atom is 0.142 e. The Balaban J connectivity index is 1.93. The number of benzene rings is 1. The van der Waals surface area contributed by atoms with Crippen LogP contribution in [0.1, 0.15) is 25.7 Å². The van der Waals surface area contributed by atoms with Crippen molar-refractivity contribution in [1.82, 2.24) is 5.32 Å². The van der Waals surface area contributed by atoms with Crippen LogP contribution >= 0.6 is 15.9 Å². The first-order chi connectivity index (χ1) is 9.22. The Morgan fingerprint density at radius 3 is 2.53 bits per heavy atom. The predicted molar refractivity (Wildman–Crippen MR) is 82.1 cm³/mol. The van der Waals surface area contributed by atoms with E-state index in [9.17, 15) is 0 Å². The third-order valence-corrected chi connectivity index (χ3v) is 5.05. The molecule has 1 aromatic rings. The zero-order chi connectivity index (χ0) is 13.4. The molecule has 3 nitrogen and oxygen atoms in total. The highest BCUT2D eigenvalue weighted by Gasteiger charge is 2.41. The van der Waals surface area contributed by atoms with Gasteiger partial charge in [-0.25, -0.2) is 0 Å². The highest BCUT2D eigenvalue weighted by molar-refractivity contribution is 9.10. The van der Waals surface area contributed by atoms with Gasteiger partial charge in [0, 0.05) is 22.6 Å². The summed E-state index contributed by atoms with van der Waals surface area (Å²) in [6.07, 6.45) is 5.09. The van der Waals surface area contributed by atoms with Crippen molar-refractivity contribution in [2.45, 2.75) is 43.8 Å². The van der Waals surface area contributed by atoms with Crippen LogP contribution in [0, 0.1) is 0 Å². The van der Waals surface area contributed by atoms with Gasteiger partial charge < -0.3 is 15.0 Å². The van der Waals surface area contributed by atoms with Gasteiger partial charge >= 0.3 is 0 Å². The van der Waals surface area contributed by atoms with Crippen LogP contribution in [0.5, 0.6) is 5.75 Å². The summed E-state index contributed by atoms with van der Waals surface area (Å²) in [6, 6.07) is 8.28. The molecule has 19 heavy (non-hydrogen) atoms. The molecular formula is C15H21BrN2O. The number of nitrogens with zero attached hydrogens (tertiary/aromatic N) is 1. The Morgan fingerprint density at radius 2 is 1.95 bits per heavy atom. The fraction of sp³-hybridized carbons (Fsp3) is 0.600. The van der Waals surface area contributed by atoms with Crippen LogP contribution in [0.2, 0.25) is 0 Å². The van der Waals surface area contributed by atoms with E-state index in [1.165, 1.54) is 31.4 Å². The summed E-state index contributed by atoms with van der Waals surface area (Å²) in [5.41, 5.74) is 1.25. The van der Waals surface area contributed by atoms with Crippen molar-refractivity contribution < 1.29 is 4.74 Å². The van der Waals surface area contributed by atoms with Gasteiger partial charge in [0.05, 0.1) is 12.8 Å². The smallest absolute Gasteiger partial charge is 0.142 e. The SMILES string of the molecule is CNC1CC2CCC(C1)N2c1cc(Br)ccc1OC. The quantitative estimate of drug-likeness (QED) is 0.924. The van der Waals surface area contributed by atoms with Crippen LogP contribution in [0.3, 0.4) is 0 Å². The van der Waals surface area contributed by atoms with E-state index in [1.807, 2.05) is 6.07 Å².